The van der Waals surface area contributed by atoms with Crippen LogP contribution in [0.4, 0.5) is 0 Å². The number of hydrogen-bond donors (Lipinski definition) is 2. The molecule has 0 saturated heterocycles. The predicted molar refractivity (Wildman–Crippen MR) is 75.3 cm³/mol. The summed E-state index contributed by atoms with van der Waals surface area (Å²) in [4.78, 5) is 23.0. The number of pyridine rings is 1. The van der Waals surface area contributed by atoms with Gasteiger partial charge in [-0.1, -0.05) is 18.2 Å². The van der Waals surface area contributed by atoms with Gasteiger partial charge in [0.2, 0.25) is 0 Å². The van der Waals surface area contributed by atoms with Gasteiger partial charge in [0.15, 0.2) is 0 Å². The van der Waals surface area contributed by atoms with E-state index in [2.05, 4.69) is 15.0 Å². The molecule has 2 heterocycles. The predicted octanol–water partition coefficient (Wildman–Crippen LogP) is 1.59. The van der Waals surface area contributed by atoms with Crippen LogP contribution in [-0.2, 0) is 6.42 Å². The lowest BCUT2D eigenvalue weighted by Crippen LogP contribution is -2.14. The molecule has 2 aromatic heterocycles. The van der Waals surface area contributed by atoms with Crippen molar-refractivity contribution in [3.05, 3.63) is 70.5 Å². The zero-order valence-corrected chi connectivity index (χ0v) is 10.7. The minimum atomic E-state index is -0.743. The number of benzene rings is 1. The van der Waals surface area contributed by atoms with Crippen molar-refractivity contribution in [1.29, 1.82) is 0 Å². The number of aromatic amines is 1. The van der Waals surface area contributed by atoms with E-state index in [1.165, 1.54) is 0 Å². The molecule has 1 atom stereocenters. The number of aromatic nitrogens is 3. The van der Waals surface area contributed by atoms with Crippen LogP contribution in [0.15, 0.2) is 53.6 Å². The Balaban J connectivity index is 1.93. The van der Waals surface area contributed by atoms with Gasteiger partial charge >= 0.3 is 0 Å². The molecule has 0 aliphatic rings. The highest BCUT2D eigenvalue weighted by Crippen LogP contribution is 2.15. The fourth-order valence-electron chi connectivity index (χ4n) is 2.11. The van der Waals surface area contributed by atoms with Crippen molar-refractivity contribution in [2.75, 3.05) is 0 Å². The minimum Gasteiger partial charge on any atom is -0.388 e. The number of nitrogens with one attached hydrogen (secondary N) is 1. The van der Waals surface area contributed by atoms with Crippen LogP contribution in [0.5, 0.6) is 0 Å². The molecule has 0 saturated carbocycles. The first-order valence-electron chi connectivity index (χ1n) is 6.30. The van der Waals surface area contributed by atoms with Crippen molar-refractivity contribution in [3.8, 4) is 0 Å². The lowest BCUT2D eigenvalue weighted by Gasteiger charge is -2.10. The van der Waals surface area contributed by atoms with Gasteiger partial charge in [-0.25, -0.2) is 4.98 Å². The van der Waals surface area contributed by atoms with Crippen molar-refractivity contribution >= 4 is 10.9 Å². The Morgan fingerprint density at radius 1 is 1.20 bits per heavy atom. The molecule has 0 fully saturated rings. The fourth-order valence-corrected chi connectivity index (χ4v) is 2.11. The molecular formula is C15H13N3O2. The smallest absolute Gasteiger partial charge is 0.258 e. The molecule has 5 nitrogen and oxygen atoms in total. The van der Waals surface area contributed by atoms with E-state index in [9.17, 15) is 9.90 Å². The summed E-state index contributed by atoms with van der Waals surface area (Å²) < 4.78 is 0. The molecule has 1 aromatic carbocycles. The zero-order valence-electron chi connectivity index (χ0n) is 10.7. The molecule has 0 aliphatic carbocycles. The summed E-state index contributed by atoms with van der Waals surface area (Å²) in [6.45, 7) is 0. The van der Waals surface area contributed by atoms with E-state index >= 15 is 0 Å². The first-order chi connectivity index (χ1) is 9.74. The Labute approximate surface area is 115 Å². The highest BCUT2D eigenvalue weighted by atomic mass is 16.3. The highest BCUT2D eigenvalue weighted by Gasteiger charge is 2.11. The van der Waals surface area contributed by atoms with Crippen LogP contribution in [0.3, 0.4) is 0 Å². The summed E-state index contributed by atoms with van der Waals surface area (Å²) in [5.41, 5.74) is 1.14. The number of rotatable bonds is 3. The van der Waals surface area contributed by atoms with Gasteiger partial charge in [-0.3, -0.25) is 9.78 Å². The van der Waals surface area contributed by atoms with Gasteiger partial charge in [-0.15, -0.1) is 0 Å². The Kier molecular flexibility index (Phi) is 3.26. The van der Waals surface area contributed by atoms with Gasteiger partial charge in [0.25, 0.3) is 5.56 Å². The normalized spacial score (nSPS) is 12.4. The van der Waals surface area contributed by atoms with E-state index in [0.29, 0.717) is 22.3 Å². The van der Waals surface area contributed by atoms with E-state index < -0.39 is 6.10 Å². The van der Waals surface area contributed by atoms with Crippen LogP contribution in [0.2, 0.25) is 0 Å². The Hall–Kier alpha value is -2.53. The average molecular weight is 267 g/mol. The molecule has 0 amide bonds. The first-order valence-corrected chi connectivity index (χ1v) is 6.30. The molecule has 100 valence electrons. The van der Waals surface area contributed by atoms with Crippen molar-refractivity contribution in [2.45, 2.75) is 12.5 Å². The largest absolute Gasteiger partial charge is 0.388 e. The Morgan fingerprint density at radius 3 is 2.85 bits per heavy atom. The van der Waals surface area contributed by atoms with Gasteiger partial charge in [0, 0.05) is 18.8 Å². The molecule has 0 aliphatic heterocycles. The number of para-hydroxylation sites is 1. The standard InChI is InChI=1S/C15H13N3O2/c19-13(10-4-3-7-16-9-10)8-14-17-12-6-2-1-5-11(12)15(20)18-14/h1-7,9,13,19H,8H2,(H,17,18,20). The quantitative estimate of drug-likeness (QED) is 0.755. The maximum atomic E-state index is 11.9. The van der Waals surface area contributed by atoms with E-state index in [-0.39, 0.29) is 12.0 Å². The summed E-state index contributed by atoms with van der Waals surface area (Å²) in [5.74, 6) is 0.463. The summed E-state index contributed by atoms with van der Waals surface area (Å²) in [6.07, 6.45) is 2.75. The van der Waals surface area contributed by atoms with Crippen LogP contribution in [0.1, 0.15) is 17.5 Å². The number of aliphatic hydroxyl groups excluding tert-OH is 1. The molecule has 0 radical (unpaired) electrons. The van der Waals surface area contributed by atoms with Crippen molar-refractivity contribution in [2.24, 2.45) is 0 Å². The van der Waals surface area contributed by atoms with E-state index in [4.69, 9.17) is 0 Å². The second-order valence-corrected chi connectivity index (χ2v) is 4.54. The molecule has 1 unspecified atom stereocenters. The monoisotopic (exact) mass is 267 g/mol. The average Bonchev–Trinajstić information content (AvgIpc) is 2.48. The number of fused-ring (bicyclic) bond motifs is 1. The van der Waals surface area contributed by atoms with Gasteiger partial charge in [0.1, 0.15) is 5.82 Å². The lowest BCUT2D eigenvalue weighted by molar-refractivity contribution is 0.175. The van der Waals surface area contributed by atoms with Gasteiger partial charge in [-0.05, 0) is 23.8 Å². The number of aliphatic hydroxyl groups is 1. The number of H-pyrrole nitrogens is 1. The molecule has 3 aromatic rings. The molecule has 20 heavy (non-hydrogen) atoms. The fraction of sp³-hybridized carbons (Fsp3) is 0.133. The Morgan fingerprint density at radius 2 is 2.05 bits per heavy atom. The molecular weight excluding hydrogens is 254 g/mol. The number of nitrogens with zero attached hydrogens (tertiary/aromatic N) is 2. The van der Waals surface area contributed by atoms with Crippen molar-refractivity contribution in [1.82, 2.24) is 15.0 Å². The minimum absolute atomic E-state index is 0.191. The van der Waals surface area contributed by atoms with Crippen LogP contribution in [0, 0.1) is 0 Å². The second-order valence-electron chi connectivity index (χ2n) is 4.54. The summed E-state index contributed by atoms with van der Waals surface area (Å²) in [6, 6.07) is 10.7. The van der Waals surface area contributed by atoms with E-state index in [1.54, 1.807) is 42.7 Å². The lowest BCUT2D eigenvalue weighted by atomic mass is 10.1. The molecule has 0 spiro atoms. The summed E-state index contributed by atoms with van der Waals surface area (Å²) in [7, 11) is 0. The first kappa shape index (κ1) is 12.5. The van der Waals surface area contributed by atoms with E-state index in [0.717, 1.165) is 0 Å². The van der Waals surface area contributed by atoms with Crippen LogP contribution in [-0.4, -0.2) is 20.1 Å². The third-order valence-corrected chi connectivity index (χ3v) is 3.12. The third-order valence-electron chi connectivity index (χ3n) is 3.12. The van der Waals surface area contributed by atoms with Gasteiger partial charge in [0.05, 0.1) is 17.0 Å². The number of hydrogen-bond acceptors (Lipinski definition) is 4. The summed E-state index contributed by atoms with van der Waals surface area (Å²) in [5, 5.41) is 10.7. The topological polar surface area (TPSA) is 78.9 Å². The van der Waals surface area contributed by atoms with Crippen molar-refractivity contribution < 1.29 is 5.11 Å². The molecule has 0 bridgehead atoms. The van der Waals surface area contributed by atoms with Crippen LogP contribution in [0.25, 0.3) is 10.9 Å². The zero-order chi connectivity index (χ0) is 13.9. The van der Waals surface area contributed by atoms with Crippen LogP contribution < -0.4 is 5.56 Å². The summed E-state index contributed by atoms with van der Waals surface area (Å²) >= 11 is 0. The van der Waals surface area contributed by atoms with E-state index in [1.807, 2.05) is 6.07 Å². The maximum absolute atomic E-state index is 11.9. The maximum Gasteiger partial charge on any atom is 0.258 e. The highest BCUT2D eigenvalue weighted by molar-refractivity contribution is 5.77. The second kappa shape index (κ2) is 5.22. The molecule has 5 heteroatoms. The SMILES string of the molecule is O=c1[nH]c(CC(O)c2cccnc2)nc2ccccc12. The molecule has 3 rings (SSSR count). The van der Waals surface area contributed by atoms with Crippen LogP contribution >= 0.6 is 0 Å². The van der Waals surface area contributed by atoms with Gasteiger partial charge < -0.3 is 10.1 Å². The Bertz CT molecular complexity index is 784. The third kappa shape index (κ3) is 2.44. The van der Waals surface area contributed by atoms with Gasteiger partial charge in [-0.2, -0.15) is 0 Å². The van der Waals surface area contributed by atoms with Crippen molar-refractivity contribution in [3.63, 3.8) is 0 Å². The molecule has 2 N–H and O–H groups in total.